The Bertz CT molecular complexity index is 843. The Morgan fingerprint density at radius 1 is 1.19 bits per heavy atom. The van der Waals surface area contributed by atoms with E-state index in [0.717, 1.165) is 11.3 Å². The van der Waals surface area contributed by atoms with Crippen LogP contribution in [0.5, 0.6) is 5.75 Å². The smallest absolute Gasteiger partial charge is 0.258 e. The third-order valence-electron chi connectivity index (χ3n) is 4.00. The van der Waals surface area contributed by atoms with Crippen molar-refractivity contribution >= 4 is 5.91 Å². The summed E-state index contributed by atoms with van der Waals surface area (Å²) in [4.78, 5) is 15.9. The lowest BCUT2D eigenvalue weighted by Crippen LogP contribution is -2.28. The Kier molecular flexibility index (Phi) is 5.63. The monoisotopic (exact) mass is 350 g/mol. The molecule has 6 heteroatoms. The van der Waals surface area contributed by atoms with E-state index in [1.165, 1.54) is 11.9 Å². The summed E-state index contributed by atoms with van der Waals surface area (Å²) in [6, 6.07) is 15.6. The first-order chi connectivity index (χ1) is 12.6. The lowest BCUT2D eigenvalue weighted by molar-refractivity contribution is -0.123. The van der Waals surface area contributed by atoms with E-state index < -0.39 is 0 Å². The molecule has 0 radical (unpaired) electrons. The van der Waals surface area contributed by atoms with E-state index in [4.69, 9.17) is 4.74 Å². The molecule has 1 aromatic heterocycles. The van der Waals surface area contributed by atoms with Crippen LogP contribution < -0.4 is 10.1 Å². The van der Waals surface area contributed by atoms with Gasteiger partial charge in [0.25, 0.3) is 5.91 Å². The first kappa shape index (κ1) is 17.7. The van der Waals surface area contributed by atoms with Gasteiger partial charge in [-0.25, -0.2) is 9.67 Å². The fourth-order valence-corrected chi connectivity index (χ4v) is 2.47. The van der Waals surface area contributed by atoms with Crippen molar-refractivity contribution in [3.05, 3.63) is 72.3 Å². The summed E-state index contributed by atoms with van der Waals surface area (Å²) in [5.41, 5.74) is 3.12. The van der Waals surface area contributed by atoms with Crippen LogP contribution in [0.3, 0.4) is 0 Å². The van der Waals surface area contributed by atoms with E-state index in [9.17, 15) is 4.79 Å². The van der Waals surface area contributed by atoms with Gasteiger partial charge in [-0.2, -0.15) is 5.10 Å². The van der Waals surface area contributed by atoms with Crippen LogP contribution in [-0.4, -0.2) is 27.3 Å². The number of carbonyl (C=O) groups excluding carboxylic acids is 1. The lowest BCUT2D eigenvalue weighted by atomic mass is 10.0. The standard InChI is InChI=1S/C20H22N4O2/c1-15(2)17-4-3-5-19(10-17)26-12-20(25)22-11-16-6-8-18(9-7-16)24-14-21-13-23-24/h3-10,13-15H,11-12H2,1-2H3,(H,22,25). The summed E-state index contributed by atoms with van der Waals surface area (Å²) < 4.78 is 7.27. The van der Waals surface area contributed by atoms with E-state index in [0.29, 0.717) is 18.2 Å². The molecular formula is C20H22N4O2. The second-order valence-electron chi connectivity index (χ2n) is 6.30. The summed E-state index contributed by atoms with van der Waals surface area (Å²) in [6.45, 7) is 4.70. The van der Waals surface area contributed by atoms with Crippen LogP contribution in [0.25, 0.3) is 5.69 Å². The number of aromatic nitrogens is 3. The third kappa shape index (κ3) is 4.69. The SMILES string of the molecule is CC(C)c1cccc(OCC(=O)NCc2ccc(-n3cncn3)cc2)c1. The fraction of sp³-hybridized carbons (Fsp3) is 0.250. The summed E-state index contributed by atoms with van der Waals surface area (Å²) in [5.74, 6) is 0.983. The molecule has 2 aromatic carbocycles. The highest BCUT2D eigenvalue weighted by molar-refractivity contribution is 5.77. The normalized spacial score (nSPS) is 10.7. The second-order valence-corrected chi connectivity index (χ2v) is 6.30. The van der Waals surface area contributed by atoms with Gasteiger partial charge in [0.05, 0.1) is 5.69 Å². The van der Waals surface area contributed by atoms with Crippen LogP contribution in [0.4, 0.5) is 0 Å². The molecule has 0 bridgehead atoms. The number of amides is 1. The van der Waals surface area contributed by atoms with Crippen molar-refractivity contribution in [1.29, 1.82) is 0 Å². The molecule has 6 nitrogen and oxygen atoms in total. The molecule has 0 aliphatic carbocycles. The van der Waals surface area contributed by atoms with Gasteiger partial charge in [-0.15, -0.1) is 0 Å². The molecule has 0 fully saturated rings. The first-order valence-electron chi connectivity index (χ1n) is 8.55. The number of benzene rings is 2. The number of hydrogen-bond acceptors (Lipinski definition) is 4. The van der Waals surface area contributed by atoms with Crippen LogP contribution >= 0.6 is 0 Å². The zero-order valence-corrected chi connectivity index (χ0v) is 14.9. The number of nitrogens with one attached hydrogen (secondary N) is 1. The summed E-state index contributed by atoms with van der Waals surface area (Å²) in [7, 11) is 0. The maximum atomic E-state index is 12.0. The number of ether oxygens (including phenoxy) is 1. The van der Waals surface area contributed by atoms with Crippen LogP contribution in [0.2, 0.25) is 0 Å². The van der Waals surface area contributed by atoms with Crippen molar-refractivity contribution in [1.82, 2.24) is 20.1 Å². The highest BCUT2D eigenvalue weighted by Crippen LogP contribution is 2.20. The van der Waals surface area contributed by atoms with Crippen LogP contribution in [0.1, 0.15) is 30.9 Å². The molecule has 1 amide bonds. The summed E-state index contributed by atoms with van der Waals surface area (Å²) >= 11 is 0. The molecule has 0 unspecified atom stereocenters. The molecule has 26 heavy (non-hydrogen) atoms. The zero-order valence-electron chi connectivity index (χ0n) is 14.9. The minimum Gasteiger partial charge on any atom is -0.484 e. The van der Waals surface area contributed by atoms with Crippen LogP contribution in [0, 0.1) is 0 Å². The Morgan fingerprint density at radius 3 is 2.69 bits per heavy atom. The fourth-order valence-electron chi connectivity index (χ4n) is 2.47. The average Bonchev–Trinajstić information content (AvgIpc) is 3.20. The van der Waals surface area contributed by atoms with Crippen molar-refractivity contribution < 1.29 is 9.53 Å². The average molecular weight is 350 g/mol. The van der Waals surface area contributed by atoms with Gasteiger partial charge in [-0.3, -0.25) is 4.79 Å². The molecule has 0 saturated carbocycles. The van der Waals surface area contributed by atoms with E-state index in [1.807, 2.05) is 42.5 Å². The lowest BCUT2D eigenvalue weighted by Gasteiger charge is -2.10. The van der Waals surface area contributed by atoms with Gasteiger partial charge in [0, 0.05) is 6.54 Å². The van der Waals surface area contributed by atoms with Crippen molar-refractivity contribution in [3.8, 4) is 11.4 Å². The predicted octanol–water partition coefficient (Wildman–Crippen LogP) is 3.09. The van der Waals surface area contributed by atoms with Gasteiger partial charge in [0.2, 0.25) is 0 Å². The Labute approximate surface area is 152 Å². The topological polar surface area (TPSA) is 69.0 Å². The number of rotatable bonds is 7. The highest BCUT2D eigenvalue weighted by atomic mass is 16.5. The largest absolute Gasteiger partial charge is 0.484 e. The Morgan fingerprint density at radius 2 is 2.00 bits per heavy atom. The summed E-state index contributed by atoms with van der Waals surface area (Å²) in [5, 5.41) is 6.94. The van der Waals surface area contributed by atoms with Gasteiger partial charge in [0.15, 0.2) is 6.61 Å². The Hall–Kier alpha value is -3.15. The molecule has 0 aliphatic heterocycles. The van der Waals surface area contributed by atoms with Crippen LogP contribution in [0.15, 0.2) is 61.2 Å². The van der Waals surface area contributed by atoms with Gasteiger partial charge in [0.1, 0.15) is 18.4 Å². The molecule has 0 spiro atoms. The van der Waals surface area contributed by atoms with Gasteiger partial charge in [-0.1, -0.05) is 38.1 Å². The molecule has 1 N–H and O–H groups in total. The van der Waals surface area contributed by atoms with Gasteiger partial charge >= 0.3 is 0 Å². The number of hydrogen-bond donors (Lipinski definition) is 1. The maximum Gasteiger partial charge on any atom is 0.258 e. The zero-order chi connectivity index (χ0) is 18.4. The van der Waals surface area contributed by atoms with Gasteiger partial charge in [-0.05, 0) is 41.3 Å². The molecular weight excluding hydrogens is 328 g/mol. The first-order valence-corrected chi connectivity index (χ1v) is 8.55. The van der Waals surface area contributed by atoms with E-state index >= 15 is 0 Å². The molecule has 3 rings (SSSR count). The molecule has 3 aromatic rings. The number of nitrogens with zero attached hydrogens (tertiary/aromatic N) is 3. The Balaban J connectivity index is 1.47. The highest BCUT2D eigenvalue weighted by Gasteiger charge is 2.05. The molecule has 134 valence electrons. The molecule has 0 aliphatic rings. The van der Waals surface area contributed by atoms with Crippen molar-refractivity contribution in [2.75, 3.05) is 6.61 Å². The second kappa shape index (κ2) is 8.29. The maximum absolute atomic E-state index is 12.0. The third-order valence-corrected chi connectivity index (χ3v) is 4.00. The van der Waals surface area contributed by atoms with Crippen LogP contribution in [-0.2, 0) is 11.3 Å². The minimum absolute atomic E-state index is 0.00140. The van der Waals surface area contributed by atoms with Crippen molar-refractivity contribution in [3.63, 3.8) is 0 Å². The van der Waals surface area contributed by atoms with Crippen molar-refractivity contribution in [2.45, 2.75) is 26.3 Å². The predicted molar refractivity (Wildman–Crippen MR) is 99.2 cm³/mol. The van der Waals surface area contributed by atoms with Gasteiger partial charge < -0.3 is 10.1 Å². The molecule has 0 saturated heterocycles. The molecule has 0 atom stereocenters. The molecule has 1 heterocycles. The summed E-state index contributed by atoms with van der Waals surface area (Å²) in [6.07, 6.45) is 3.13. The van der Waals surface area contributed by atoms with E-state index in [-0.39, 0.29) is 12.5 Å². The minimum atomic E-state index is -0.152. The van der Waals surface area contributed by atoms with Crippen molar-refractivity contribution in [2.24, 2.45) is 0 Å². The number of carbonyl (C=O) groups is 1. The van der Waals surface area contributed by atoms with E-state index in [2.05, 4.69) is 35.3 Å². The quantitative estimate of drug-likeness (QED) is 0.711. The van der Waals surface area contributed by atoms with E-state index in [1.54, 1.807) is 11.0 Å².